The van der Waals surface area contributed by atoms with Crippen LogP contribution in [0.4, 0.5) is 4.79 Å². The first-order valence-electron chi connectivity index (χ1n) is 19.0. The average Bonchev–Trinajstić information content (AvgIpc) is 3.15. The van der Waals surface area contributed by atoms with E-state index in [1.165, 1.54) is 32.9 Å². The Morgan fingerprint density at radius 3 is 2.16 bits per heavy atom. The molecule has 6 rings (SSSR count). The van der Waals surface area contributed by atoms with Crippen molar-refractivity contribution in [3.05, 3.63) is 82.9 Å². The van der Waals surface area contributed by atoms with Crippen molar-refractivity contribution in [3.8, 4) is 0 Å². The van der Waals surface area contributed by atoms with E-state index in [0.29, 0.717) is 5.56 Å². The maximum Gasteiger partial charge on any atom is 0.408 e. The van der Waals surface area contributed by atoms with Crippen LogP contribution in [0.25, 0.3) is 0 Å². The molecule has 0 aromatic heterocycles. The lowest BCUT2D eigenvalue weighted by Gasteiger charge is -2.66. The number of esters is 3. The molecule has 2 aromatic carbocycles. The Morgan fingerprint density at radius 2 is 1.60 bits per heavy atom. The Morgan fingerprint density at radius 1 is 0.982 bits per heavy atom. The molecule has 15 heteroatoms. The van der Waals surface area contributed by atoms with E-state index < -0.39 is 113 Å². The van der Waals surface area contributed by atoms with E-state index in [9.17, 15) is 44.4 Å². The number of amides is 1. The number of nitrogens with one attached hydrogen (secondary N) is 1. The summed E-state index contributed by atoms with van der Waals surface area (Å²) in [4.78, 5) is 68.5. The number of carbonyl (C=O) groups is 5. The molecule has 1 unspecified atom stereocenters. The maximum absolute atomic E-state index is 14.8. The number of aliphatic hydroxyl groups is 4. The highest BCUT2D eigenvalue weighted by Crippen LogP contribution is 2.61. The summed E-state index contributed by atoms with van der Waals surface area (Å²) in [6.45, 7) is 10.2. The van der Waals surface area contributed by atoms with Crippen LogP contribution in [0.1, 0.15) is 83.3 Å². The van der Waals surface area contributed by atoms with Gasteiger partial charge in [-0.25, -0.2) is 14.4 Å². The molecule has 0 radical (unpaired) electrons. The zero-order valence-electron chi connectivity index (χ0n) is 33.0. The predicted molar refractivity (Wildman–Crippen MR) is 199 cm³/mol. The quantitative estimate of drug-likeness (QED) is 0.147. The summed E-state index contributed by atoms with van der Waals surface area (Å²) in [5.41, 5.74) is -6.36. The van der Waals surface area contributed by atoms with Crippen LogP contribution in [-0.4, -0.2) is 110 Å². The van der Waals surface area contributed by atoms with Crippen molar-refractivity contribution in [2.75, 3.05) is 6.61 Å². The number of benzene rings is 2. The van der Waals surface area contributed by atoms with Crippen molar-refractivity contribution in [3.63, 3.8) is 0 Å². The molecule has 2 bridgehead atoms. The van der Waals surface area contributed by atoms with Crippen molar-refractivity contribution in [2.24, 2.45) is 17.3 Å². The third-order valence-corrected chi connectivity index (χ3v) is 12.1. The zero-order valence-corrected chi connectivity index (χ0v) is 33.0. The molecule has 0 spiro atoms. The van der Waals surface area contributed by atoms with Crippen molar-refractivity contribution in [1.82, 2.24) is 5.32 Å². The second kappa shape index (κ2) is 15.3. The Bertz CT molecular complexity index is 1930. The monoisotopic (exact) mass is 793 g/mol. The van der Waals surface area contributed by atoms with Gasteiger partial charge < -0.3 is 49.4 Å². The van der Waals surface area contributed by atoms with E-state index in [2.05, 4.69) is 5.32 Å². The zero-order chi connectivity index (χ0) is 41.8. The first-order chi connectivity index (χ1) is 26.7. The summed E-state index contributed by atoms with van der Waals surface area (Å²) >= 11 is 0. The summed E-state index contributed by atoms with van der Waals surface area (Å²) in [5.74, 6) is -6.48. The Kier molecular flexibility index (Phi) is 11.2. The van der Waals surface area contributed by atoms with Gasteiger partial charge in [-0.2, -0.15) is 0 Å². The first-order valence-corrected chi connectivity index (χ1v) is 19.0. The number of ether oxygens (including phenoxy) is 5. The second-order valence-electron chi connectivity index (χ2n) is 16.8. The largest absolute Gasteiger partial charge is 0.456 e. The Balaban J connectivity index is 1.46. The highest BCUT2D eigenvalue weighted by atomic mass is 16.6. The van der Waals surface area contributed by atoms with Gasteiger partial charge in [-0.3, -0.25) is 9.59 Å². The number of ketones is 1. The minimum atomic E-state index is -2.29. The standard InChI is InChI=1S/C42H51NO14/c1-21-26(54-37(50)32(47)30(24-14-10-8-11-15-24)43-38(51)57-39(4,5)6)19-41(52)22(2)29(21)31(46)34(48)40(7)27(45)18-28-42(20-53-28,56-23(3)44)33(40)35(41)55-36(49)25-16-12-9-13-17-25/h8-17,22,26-28,30-33,35,45-47,52H,18-20H2,1-7H3,(H,43,51)/t22-,26+,27+,28?,30+,31-,32-,33+,35+,40-,41+,42+/m1/s1. The summed E-state index contributed by atoms with van der Waals surface area (Å²) in [6, 6.07) is 14.6. The van der Waals surface area contributed by atoms with Gasteiger partial charge in [-0.1, -0.05) is 55.5 Å². The molecule has 4 aliphatic rings. The number of alkyl carbamates (subject to hydrolysis) is 1. The predicted octanol–water partition coefficient (Wildman–Crippen LogP) is 2.87. The number of Topliss-reactive ketones (excluding diaryl/α,β-unsaturated/α-hetero) is 1. The highest BCUT2D eigenvalue weighted by Gasteiger charge is 2.76. The number of carbonyl (C=O) groups excluding carboxylic acids is 5. The molecule has 1 heterocycles. The summed E-state index contributed by atoms with van der Waals surface area (Å²) in [6.07, 6.45) is -11.3. The highest BCUT2D eigenvalue weighted by molar-refractivity contribution is 5.94. The van der Waals surface area contributed by atoms with Crippen molar-refractivity contribution >= 4 is 29.8 Å². The van der Waals surface area contributed by atoms with E-state index >= 15 is 0 Å². The van der Waals surface area contributed by atoms with Gasteiger partial charge in [0.25, 0.3) is 0 Å². The third-order valence-electron chi connectivity index (χ3n) is 12.1. The van der Waals surface area contributed by atoms with Gasteiger partial charge in [0.1, 0.15) is 35.6 Å². The Labute approximate surface area is 330 Å². The normalized spacial score (nSPS) is 34.4. The lowest BCUT2D eigenvalue weighted by Crippen LogP contribution is -2.81. The van der Waals surface area contributed by atoms with Crippen LogP contribution in [-0.2, 0) is 38.1 Å². The fourth-order valence-corrected chi connectivity index (χ4v) is 9.21. The maximum atomic E-state index is 14.8. The van der Waals surface area contributed by atoms with E-state index in [1.807, 2.05) is 0 Å². The lowest BCUT2D eigenvalue weighted by atomic mass is 9.47. The van der Waals surface area contributed by atoms with Gasteiger partial charge >= 0.3 is 24.0 Å². The van der Waals surface area contributed by atoms with Crippen molar-refractivity contribution in [1.29, 1.82) is 0 Å². The molecule has 1 amide bonds. The van der Waals surface area contributed by atoms with Gasteiger partial charge in [0.15, 0.2) is 17.5 Å². The number of hydrogen-bond donors (Lipinski definition) is 5. The topological polar surface area (TPSA) is 224 Å². The third kappa shape index (κ3) is 7.35. The van der Waals surface area contributed by atoms with Crippen LogP contribution in [0.5, 0.6) is 0 Å². The van der Waals surface area contributed by atoms with Gasteiger partial charge in [0.2, 0.25) is 0 Å². The molecule has 3 aliphatic carbocycles. The van der Waals surface area contributed by atoms with Crippen LogP contribution in [0, 0.1) is 17.3 Å². The fourth-order valence-electron chi connectivity index (χ4n) is 9.21. The number of hydrogen-bond acceptors (Lipinski definition) is 14. The number of fused-ring (bicyclic) bond motifs is 5. The Hall–Kier alpha value is -4.67. The van der Waals surface area contributed by atoms with E-state index in [4.69, 9.17) is 23.7 Å². The van der Waals surface area contributed by atoms with E-state index in [1.54, 1.807) is 69.3 Å². The van der Waals surface area contributed by atoms with Crippen molar-refractivity contribution in [2.45, 2.75) is 121 Å². The van der Waals surface area contributed by atoms with Crippen LogP contribution in [0.2, 0.25) is 0 Å². The fraction of sp³-hybridized carbons (Fsp3) is 0.548. The van der Waals surface area contributed by atoms with Gasteiger partial charge in [0, 0.05) is 25.7 Å². The molecule has 1 saturated heterocycles. The molecule has 1 aliphatic heterocycles. The molecule has 3 fully saturated rings. The lowest BCUT2D eigenvalue weighted by molar-refractivity contribution is -0.343. The van der Waals surface area contributed by atoms with Crippen LogP contribution >= 0.6 is 0 Å². The van der Waals surface area contributed by atoms with Crippen LogP contribution in [0.3, 0.4) is 0 Å². The summed E-state index contributed by atoms with van der Waals surface area (Å²) < 4.78 is 29.3. The molecule has 15 nitrogen and oxygen atoms in total. The molecule has 2 saturated carbocycles. The van der Waals surface area contributed by atoms with Gasteiger partial charge in [0.05, 0.1) is 35.6 Å². The van der Waals surface area contributed by atoms with Crippen LogP contribution in [0.15, 0.2) is 71.8 Å². The van der Waals surface area contributed by atoms with Gasteiger partial charge in [-0.15, -0.1) is 0 Å². The minimum absolute atomic E-state index is 0.0475. The number of rotatable bonds is 8. The number of aliphatic hydroxyl groups excluding tert-OH is 3. The van der Waals surface area contributed by atoms with E-state index in [-0.39, 0.29) is 29.7 Å². The molecule has 57 heavy (non-hydrogen) atoms. The molecular formula is C42H51NO14. The second-order valence-corrected chi connectivity index (χ2v) is 16.8. The molecule has 5 N–H and O–H groups in total. The van der Waals surface area contributed by atoms with Crippen LogP contribution < -0.4 is 5.32 Å². The molecule has 2 aromatic rings. The van der Waals surface area contributed by atoms with Gasteiger partial charge in [-0.05, 0) is 63.5 Å². The van der Waals surface area contributed by atoms with Crippen molar-refractivity contribution < 1.29 is 68.1 Å². The molecule has 308 valence electrons. The minimum Gasteiger partial charge on any atom is -0.456 e. The SMILES string of the molecule is CC(=O)O[C@@]12COC1C[C@H](O)[C@@]1(C)C(=O)[C@H](O)C3=C(C)[C@@H](OC(=O)[C@H](O)[C@@H](NC(=O)OC(C)(C)C)c4ccccc4)C[C@](O)([C@@H]3C)[C@@H](OC(=O)c3ccccc3)[C@@H]12. The average molecular weight is 794 g/mol. The summed E-state index contributed by atoms with van der Waals surface area (Å²) in [7, 11) is 0. The summed E-state index contributed by atoms with van der Waals surface area (Å²) in [5, 5.41) is 51.0. The molecule has 12 atom stereocenters. The smallest absolute Gasteiger partial charge is 0.408 e. The first kappa shape index (κ1) is 41.9. The molecular weight excluding hydrogens is 742 g/mol. The van der Waals surface area contributed by atoms with E-state index in [0.717, 1.165) is 6.92 Å².